The van der Waals surface area contributed by atoms with E-state index in [4.69, 9.17) is 23.7 Å². The summed E-state index contributed by atoms with van der Waals surface area (Å²) in [6.07, 6.45) is 0.229. The van der Waals surface area contributed by atoms with Crippen LogP contribution >= 0.6 is 0 Å². The van der Waals surface area contributed by atoms with Gasteiger partial charge < -0.3 is 28.4 Å². The zero-order chi connectivity index (χ0) is 43.8. The topological polar surface area (TPSA) is 158 Å². The molecule has 4 aromatic carbocycles. The summed E-state index contributed by atoms with van der Waals surface area (Å²) in [4.78, 5) is 73.2. The number of carbonyl (C=O) groups excluding carboxylic acids is 6. The predicted molar refractivity (Wildman–Crippen MR) is 220 cm³/mol. The lowest BCUT2D eigenvalue weighted by molar-refractivity contribution is -0.140. The Kier molecular flexibility index (Phi) is 15.8. The lowest BCUT2D eigenvalue weighted by atomic mass is 10.1. The van der Waals surface area contributed by atoms with Gasteiger partial charge in [-0.1, -0.05) is 62.1 Å². The first-order valence-corrected chi connectivity index (χ1v) is 17.9. The van der Waals surface area contributed by atoms with Crippen LogP contribution in [-0.4, -0.2) is 42.6 Å². The van der Waals surface area contributed by atoms with E-state index in [1.54, 1.807) is 19.1 Å². The highest BCUT2D eigenvalue weighted by Gasteiger charge is 2.19. The third-order valence-corrected chi connectivity index (χ3v) is 7.76. The van der Waals surface area contributed by atoms with Crippen molar-refractivity contribution in [2.75, 3.05) is 6.61 Å². The third-order valence-electron chi connectivity index (χ3n) is 7.76. The summed E-state index contributed by atoms with van der Waals surface area (Å²) in [5.74, 6) is 8.12. The van der Waals surface area contributed by atoms with Crippen LogP contribution in [0, 0.1) is 23.7 Å². The Bertz CT molecular complexity index is 2500. The fourth-order valence-electron chi connectivity index (χ4n) is 4.62. The molecule has 60 heavy (non-hydrogen) atoms. The van der Waals surface area contributed by atoms with Crippen LogP contribution in [0.15, 0.2) is 134 Å². The molecular formula is C48H38O12. The quantitative estimate of drug-likeness (QED) is 0.0247. The van der Waals surface area contributed by atoms with Gasteiger partial charge in [0, 0.05) is 57.5 Å². The maximum absolute atomic E-state index is 13.3. The minimum atomic E-state index is -1.25. The van der Waals surface area contributed by atoms with Crippen molar-refractivity contribution in [2.24, 2.45) is 0 Å². The Morgan fingerprint density at radius 1 is 0.600 bits per heavy atom. The lowest BCUT2D eigenvalue weighted by Crippen LogP contribution is -2.16. The van der Waals surface area contributed by atoms with E-state index < -0.39 is 36.0 Å². The highest BCUT2D eigenvalue weighted by atomic mass is 16.7. The minimum absolute atomic E-state index is 0.0165. The molecule has 12 heteroatoms. The number of hydrogen-bond acceptors (Lipinski definition) is 12. The van der Waals surface area contributed by atoms with Gasteiger partial charge in [-0.3, -0.25) is 0 Å². The van der Waals surface area contributed by atoms with Crippen molar-refractivity contribution in [3.8, 4) is 40.9 Å². The zero-order valence-corrected chi connectivity index (χ0v) is 33.0. The first kappa shape index (κ1) is 44.5. The SMILES string of the molecule is C=CC(=O)Oc1cc(OC(=O)c2ccc(C#Cc3ccc(CCOC(=O)C(=C)C)cc3)cc2)cc(COC(=O)C(=C)C)c1C#Cc1ccc(OC(=O)OC(=O)C(=C)C)cc1. The van der Waals surface area contributed by atoms with Crippen LogP contribution in [-0.2, 0) is 46.4 Å². The molecule has 0 fully saturated rings. The second-order valence-electron chi connectivity index (χ2n) is 12.8. The van der Waals surface area contributed by atoms with Crippen LogP contribution in [0.5, 0.6) is 17.2 Å². The number of ether oxygens (including phenoxy) is 6. The third kappa shape index (κ3) is 13.8. The molecule has 0 unspecified atom stereocenters. The van der Waals surface area contributed by atoms with Gasteiger partial charge in [-0.05, 0) is 93.1 Å². The first-order valence-electron chi connectivity index (χ1n) is 17.9. The van der Waals surface area contributed by atoms with E-state index in [1.165, 1.54) is 62.4 Å². The fourth-order valence-corrected chi connectivity index (χ4v) is 4.62. The van der Waals surface area contributed by atoms with Crippen molar-refractivity contribution in [1.82, 2.24) is 0 Å². The Morgan fingerprint density at radius 3 is 1.70 bits per heavy atom. The van der Waals surface area contributed by atoms with E-state index in [1.807, 2.05) is 24.3 Å². The molecule has 0 N–H and O–H groups in total. The molecule has 0 spiro atoms. The van der Waals surface area contributed by atoms with Crippen molar-refractivity contribution in [3.05, 3.63) is 173 Å². The normalized spacial score (nSPS) is 9.85. The van der Waals surface area contributed by atoms with Gasteiger partial charge in [0.2, 0.25) is 0 Å². The number of rotatable bonds is 13. The predicted octanol–water partition coefficient (Wildman–Crippen LogP) is 7.70. The maximum atomic E-state index is 13.3. The number of benzene rings is 4. The van der Waals surface area contributed by atoms with Crippen molar-refractivity contribution in [1.29, 1.82) is 0 Å². The number of esters is 5. The van der Waals surface area contributed by atoms with Gasteiger partial charge in [0.25, 0.3) is 0 Å². The molecule has 0 saturated carbocycles. The summed E-state index contributed by atoms with van der Waals surface area (Å²) in [5.41, 5.74) is 3.77. The van der Waals surface area contributed by atoms with Crippen molar-refractivity contribution >= 4 is 36.0 Å². The van der Waals surface area contributed by atoms with Gasteiger partial charge in [0.15, 0.2) is 5.75 Å². The molecular weight excluding hydrogens is 769 g/mol. The molecule has 0 aliphatic heterocycles. The fraction of sp³-hybridized carbons (Fsp3) is 0.125. The van der Waals surface area contributed by atoms with Crippen LogP contribution in [0.1, 0.15) is 64.5 Å². The van der Waals surface area contributed by atoms with E-state index in [2.05, 4.69) is 54.7 Å². The molecule has 0 saturated heterocycles. The molecule has 4 rings (SSSR count). The number of carbonyl (C=O) groups is 6. The van der Waals surface area contributed by atoms with Crippen LogP contribution in [0.25, 0.3) is 0 Å². The van der Waals surface area contributed by atoms with E-state index in [0.29, 0.717) is 23.1 Å². The highest BCUT2D eigenvalue weighted by Crippen LogP contribution is 2.31. The summed E-state index contributed by atoms with van der Waals surface area (Å²) in [7, 11) is 0. The van der Waals surface area contributed by atoms with Crippen molar-refractivity contribution in [3.63, 3.8) is 0 Å². The molecule has 12 nitrogen and oxygen atoms in total. The molecule has 0 amide bonds. The molecule has 0 aliphatic rings. The smallest absolute Gasteiger partial charge is 0.462 e. The van der Waals surface area contributed by atoms with Crippen LogP contribution in [0.3, 0.4) is 0 Å². The summed E-state index contributed by atoms with van der Waals surface area (Å²) >= 11 is 0. The minimum Gasteiger partial charge on any atom is -0.462 e. The molecule has 302 valence electrons. The number of hydrogen-bond donors (Lipinski definition) is 0. The standard InChI is InChI=1S/C48H38O12/c1-8-43(49)59-42-28-40(57-47(53)37-20-15-34(16-21-37)10-9-33-11-13-36(14-12-33)25-26-55-44(50)30(2)3)27-38(29-56-45(51)31(4)5)41(42)24-19-35-17-22-39(23-18-35)58-48(54)60-46(52)32(6)7/h8,11-18,20-23,27-28H,1-2,4,6,25-26,29H2,3,5,7H3. The average molecular weight is 807 g/mol. The van der Waals surface area contributed by atoms with Crippen LogP contribution in [0.2, 0.25) is 0 Å². The van der Waals surface area contributed by atoms with Gasteiger partial charge in [0.1, 0.15) is 18.1 Å². The second-order valence-corrected chi connectivity index (χ2v) is 12.8. The van der Waals surface area contributed by atoms with Crippen molar-refractivity contribution < 1.29 is 57.2 Å². The summed E-state index contributed by atoms with van der Waals surface area (Å²) < 4.78 is 31.2. The Labute approximate surface area is 346 Å². The summed E-state index contributed by atoms with van der Waals surface area (Å²) in [5, 5.41) is 0. The maximum Gasteiger partial charge on any atom is 0.521 e. The Hall–Kier alpha value is -8.22. The monoisotopic (exact) mass is 806 g/mol. The summed E-state index contributed by atoms with van der Waals surface area (Å²) in [6.45, 7) is 18.3. The lowest BCUT2D eigenvalue weighted by Gasteiger charge is -2.14. The van der Waals surface area contributed by atoms with Crippen LogP contribution in [0.4, 0.5) is 4.79 Å². The van der Waals surface area contributed by atoms with E-state index in [0.717, 1.165) is 17.2 Å². The average Bonchev–Trinajstić information content (AvgIpc) is 3.22. The summed E-state index contributed by atoms with van der Waals surface area (Å²) in [6, 6.07) is 22.4. The largest absolute Gasteiger partial charge is 0.521 e. The molecule has 0 heterocycles. The zero-order valence-electron chi connectivity index (χ0n) is 33.0. The molecule has 0 radical (unpaired) electrons. The van der Waals surface area contributed by atoms with E-state index in [9.17, 15) is 28.8 Å². The molecule has 0 bridgehead atoms. The van der Waals surface area contributed by atoms with Gasteiger partial charge in [-0.25, -0.2) is 28.8 Å². The molecule has 4 aromatic rings. The van der Waals surface area contributed by atoms with Gasteiger partial charge in [0.05, 0.1) is 17.7 Å². The van der Waals surface area contributed by atoms with Crippen molar-refractivity contribution in [2.45, 2.75) is 33.8 Å². The second kappa shape index (κ2) is 21.3. The first-order chi connectivity index (χ1) is 28.6. The molecule has 0 aliphatic carbocycles. The van der Waals surface area contributed by atoms with E-state index in [-0.39, 0.29) is 58.3 Å². The van der Waals surface area contributed by atoms with E-state index >= 15 is 0 Å². The molecule has 0 atom stereocenters. The Balaban J connectivity index is 1.54. The van der Waals surface area contributed by atoms with Gasteiger partial charge in [-0.15, -0.1) is 0 Å². The van der Waals surface area contributed by atoms with Gasteiger partial charge in [-0.2, -0.15) is 0 Å². The molecule has 0 aromatic heterocycles. The Morgan fingerprint density at radius 2 is 1.13 bits per heavy atom. The van der Waals surface area contributed by atoms with Crippen LogP contribution < -0.4 is 14.2 Å². The highest BCUT2D eigenvalue weighted by molar-refractivity contribution is 5.94. The van der Waals surface area contributed by atoms with Gasteiger partial charge >= 0.3 is 36.0 Å².